The van der Waals surface area contributed by atoms with E-state index >= 15 is 0 Å². The van der Waals surface area contributed by atoms with E-state index in [1.165, 1.54) is 39.0 Å². The van der Waals surface area contributed by atoms with Gasteiger partial charge in [-0.15, -0.1) is 0 Å². The second kappa shape index (κ2) is 9.71. The summed E-state index contributed by atoms with van der Waals surface area (Å²) in [5.41, 5.74) is 13.7. The summed E-state index contributed by atoms with van der Waals surface area (Å²) in [6.45, 7) is 28.8. The van der Waals surface area contributed by atoms with E-state index in [0.717, 1.165) is 0 Å². The van der Waals surface area contributed by atoms with Gasteiger partial charge in [-0.2, -0.15) is 0 Å². The largest absolute Gasteiger partial charge is 0.160 e. The van der Waals surface area contributed by atoms with E-state index in [2.05, 4.69) is 137 Å². The summed E-state index contributed by atoms with van der Waals surface area (Å²) < 4.78 is 0. The van der Waals surface area contributed by atoms with Crippen LogP contribution in [0, 0.1) is 34.6 Å². The molecule has 0 bridgehead atoms. The van der Waals surface area contributed by atoms with Crippen molar-refractivity contribution in [1.82, 2.24) is 0 Å². The quantitative estimate of drug-likeness (QED) is 0.244. The molecule has 3 aromatic rings. The maximum Gasteiger partial charge on any atom is 0.160 e. The van der Waals surface area contributed by atoms with Gasteiger partial charge >= 0.3 is 0 Å². The van der Waals surface area contributed by atoms with Gasteiger partial charge in [-0.25, -0.2) is 0 Å². The molecule has 0 heterocycles. The minimum absolute atomic E-state index is 0.406. The van der Waals surface area contributed by atoms with Crippen molar-refractivity contribution >= 4 is 36.9 Å². The third-order valence-corrected chi connectivity index (χ3v) is 17.3. The molecule has 194 valence electrons. The fourth-order valence-electron chi connectivity index (χ4n) is 7.18. The number of hydrogen-bond acceptors (Lipinski definition) is 0. The minimum atomic E-state index is -2.61. The molecule has 0 fully saturated rings. The molecule has 0 radical (unpaired) electrons. The second-order valence-corrected chi connectivity index (χ2v) is 21.6. The summed E-state index contributed by atoms with van der Waals surface area (Å²) in [7, 11) is -4.15. The molecule has 0 atom stereocenters. The van der Waals surface area contributed by atoms with Crippen molar-refractivity contribution < 1.29 is 0 Å². The molecule has 0 saturated carbocycles. The van der Waals surface area contributed by atoms with Gasteiger partial charge in [0.25, 0.3) is 0 Å². The van der Waals surface area contributed by atoms with Crippen LogP contribution < -0.4 is 20.7 Å². The van der Waals surface area contributed by atoms with Crippen molar-refractivity contribution in [3.05, 3.63) is 105 Å². The lowest BCUT2D eigenvalue weighted by molar-refractivity contribution is 1.08. The molecule has 0 aromatic heterocycles. The Kier molecular flexibility index (Phi) is 7.24. The summed E-state index contributed by atoms with van der Waals surface area (Å²) in [6, 6.07) is 21.6. The van der Waals surface area contributed by atoms with Gasteiger partial charge in [-0.1, -0.05) is 118 Å². The Bertz CT molecular complexity index is 1330. The molecule has 37 heavy (non-hydrogen) atoms. The molecular weight excluding hydrogens is 477 g/mol. The molecule has 1 aliphatic carbocycles. The molecule has 4 rings (SSSR count). The van der Waals surface area contributed by atoms with Gasteiger partial charge in [0.2, 0.25) is 0 Å². The molecule has 2 heteroatoms. The molecule has 0 amide bonds. The van der Waals surface area contributed by atoms with E-state index < -0.39 is 16.1 Å². The van der Waals surface area contributed by atoms with Crippen LogP contribution in [0.4, 0.5) is 0 Å². The maximum absolute atomic E-state index is 2.66. The van der Waals surface area contributed by atoms with E-state index in [9.17, 15) is 0 Å². The van der Waals surface area contributed by atoms with Crippen LogP contribution in [0.15, 0.2) is 76.9 Å². The molecule has 0 spiro atoms. The van der Waals surface area contributed by atoms with Gasteiger partial charge < -0.3 is 0 Å². The standard InChI is InChI=1S/C35H46Si2/c1-22-19-31(36(10,11)12)21-32(20-22)37(33-23(2)15-13-16-24(33)3,34-25(4)17-14-18-26(34)5)35-29(8)27(6)28(7)30(35)9/h13-21,35H,1-12H3. The number of hydrogen-bond donors (Lipinski definition) is 0. The highest BCUT2D eigenvalue weighted by atomic mass is 28.3. The first-order valence-corrected chi connectivity index (χ1v) is 19.4. The molecule has 1 aliphatic rings. The molecule has 0 N–H and O–H groups in total. The zero-order valence-corrected chi connectivity index (χ0v) is 27.3. The van der Waals surface area contributed by atoms with Crippen LogP contribution >= 0.6 is 0 Å². The van der Waals surface area contributed by atoms with Crippen LogP contribution in [0.2, 0.25) is 25.2 Å². The van der Waals surface area contributed by atoms with Crippen LogP contribution in [0.1, 0.15) is 55.5 Å². The summed E-state index contributed by atoms with van der Waals surface area (Å²) >= 11 is 0. The Morgan fingerprint density at radius 1 is 0.514 bits per heavy atom. The average molecular weight is 523 g/mol. The molecule has 0 unspecified atom stereocenters. The average Bonchev–Trinajstić information content (AvgIpc) is 2.99. The Labute approximate surface area is 228 Å². The highest BCUT2D eigenvalue weighted by molar-refractivity contribution is 7.14. The normalized spacial score (nSPS) is 15.2. The zero-order valence-electron chi connectivity index (χ0n) is 25.3. The third-order valence-electron chi connectivity index (χ3n) is 9.19. The first-order chi connectivity index (χ1) is 17.2. The predicted octanol–water partition coefficient (Wildman–Crippen LogP) is 7.30. The van der Waals surface area contributed by atoms with Crippen LogP contribution in [-0.4, -0.2) is 16.1 Å². The van der Waals surface area contributed by atoms with Crippen molar-refractivity contribution in [1.29, 1.82) is 0 Å². The lowest BCUT2D eigenvalue weighted by Gasteiger charge is -2.45. The van der Waals surface area contributed by atoms with Crippen LogP contribution in [0.5, 0.6) is 0 Å². The molecular formula is C35H46Si2. The first-order valence-electron chi connectivity index (χ1n) is 13.8. The number of allylic oxidation sites excluding steroid dienone is 4. The molecule has 3 aromatic carbocycles. The van der Waals surface area contributed by atoms with E-state index in [1.807, 2.05) is 0 Å². The highest BCUT2D eigenvalue weighted by Crippen LogP contribution is 2.47. The highest BCUT2D eigenvalue weighted by Gasteiger charge is 2.52. The SMILES string of the molecule is CC1=C(C)C([Si](c2cc(C)cc([Si](C)(C)C)c2)(c2c(C)cccc2C)c2c(C)cccc2C)C(C)=C1C. The monoisotopic (exact) mass is 522 g/mol. The Hall–Kier alpha value is -2.43. The van der Waals surface area contributed by atoms with E-state index in [1.54, 1.807) is 31.9 Å². The van der Waals surface area contributed by atoms with Crippen molar-refractivity contribution in [2.75, 3.05) is 0 Å². The summed E-state index contributed by atoms with van der Waals surface area (Å²) in [4.78, 5) is 0. The smallest absolute Gasteiger partial charge is 0.0656 e. The minimum Gasteiger partial charge on any atom is -0.0656 e. The van der Waals surface area contributed by atoms with Crippen molar-refractivity contribution in [3.63, 3.8) is 0 Å². The number of rotatable bonds is 5. The van der Waals surface area contributed by atoms with E-state index in [-0.39, 0.29) is 0 Å². The molecule has 0 nitrogen and oxygen atoms in total. The topological polar surface area (TPSA) is 0 Å². The third kappa shape index (κ3) is 4.36. The van der Waals surface area contributed by atoms with E-state index in [4.69, 9.17) is 0 Å². The van der Waals surface area contributed by atoms with Crippen molar-refractivity contribution in [3.8, 4) is 0 Å². The fraction of sp³-hybridized carbons (Fsp3) is 0.371. The lowest BCUT2D eigenvalue weighted by Crippen LogP contribution is -2.73. The Morgan fingerprint density at radius 3 is 1.27 bits per heavy atom. The van der Waals surface area contributed by atoms with Crippen LogP contribution in [0.25, 0.3) is 0 Å². The van der Waals surface area contributed by atoms with Gasteiger partial charge in [0, 0.05) is 5.54 Å². The lowest BCUT2D eigenvalue weighted by atomic mass is 10.1. The van der Waals surface area contributed by atoms with Crippen molar-refractivity contribution in [2.24, 2.45) is 0 Å². The number of aryl methyl sites for hydroxylation is 5. The zero-order chi connectivity index (χ0) is 27.4. The van der Waals surface area contributed by atoms with Crippen LogP contribution in [0.3, 0.4) is 0 Å². The summed E-state index contributed by atoms with van der Waals surface area (Å²) in [5, 5.41) is 6.40. The Balaban J connectivity index is 2.36. The van der Waals surface area contributed by atoms with E-state index in [0.29, 0.717) is 5.54 Å². The summed E-state index contributed by atoms with van der Waals surface area (Å²) in [6.07, 6.45) is 0. The van der Waals surface area contributed by atoms with Gasteiger partial charge in [-0.3, -0.25) is 0 Å². The predicted molar refractivity (Wildman–Crippen MR) is 171 cm³/mol. The van der Waals surface area contributed by atoms with Crippen LogP contribution in [-0.2, 0) is 0 Å². The second-order valence-electron chi connectivity index (χ2n) is 12.7. The summed E-state index contributed by atoms with van der Waals surface area (Å²) in [5.74, 6) is 0. The Morgan fingerprint density at radius 2 is 0.892 bits per heavy atom. The molecule has 0 saturated heterocycles. The fourth-order valence-corrected chi connectivity index (χ4v) is 15.7. The first kappa shape index (κ1) is 27.6. The molecule has 0 aliphatic heterocycles. The van der Waals surface area contributed by atoms with Gasteiger partial charge in [-0.05, 0) is 89.0 Å². The van der Waals surface area contributed by atoms with Crippen molar-refractivity contribution in [2.45, 2.75) is 87.5 Å². The van der Waals surface area contributed by atoms with Gasteiger partial charge in [0.15, 0.2) is 8.07 Å². The van der Waals surface area contributed by atoms with Gasteiger partial charge in [0.1, 0.15) is 0 Å². The van der Waals surface area contributed by atoms with Gasteiger partial charge in [0.05, 0.1) is 8.07 Å². The number of benzene rings is 3. The maximum atomic E-state index is 2.66.